The molecule has 0 bridgehead atoms. The minimum Gasteiger partial charge on any atom is -0.493 e. The topological polar surface area (TPSA) is 29.5 Å². The van der Waals surface area contributed by atoms with Crippen LogP contribution in [0.15, 0.2) is 24.3 Å². The second-order valence-corrected chi connectivity index (χ2v) is 5.58. The van der Waals surface area contributed by atoms with Gasteiger partial charge in [0, 0.05) is 0 Å². The van der Waals surface area contributed by atoms with Crippen molar-refractivity contribution in [1.82, 2.24) is 4.90 Å². The van der Waals surface area contributed by atoms with Crippen LogP contribution in [-0.2, 0) is 0 Å². The molecule has 0 spiro atoms. The predicted molar refractivity (Wildman–Crippen MR) is 81.4 cm³/mol. The second kappa shape index (κ2) is 6.40. The third-order valence-corrected chi connectivity index (χ3v) is 4.41. The summed E-state index contributed by atoms with van der Waals surface area (Å²) in [4.78, 5) is 15.4. The zero-order valence-electron chi connectivity index (χ0n) is 12.8. The first-order valence-corrected chi connectivity index (χ1v) is 7.65. The SMILES string of the molecule is CCOc1ccccc1C(=O)C(C)(CC)N1CCCC1. The second-order valence-electron chi connectivity index (χ2n) is 5.58. The van der Waals surface area contributed by atoms with E-state index < -0.39 is 5.54 Å². The standard InChI is InChI=1S/C17H25NO2/c1-4-17(3,18-12-8-9-13-18)16(19)14-10-6-7-11-15(14)20-5-2/h6-7,10-11H,4-5,8-9,12-13H2,1-3H3. The fraction of sp³-hybridized carbons (Fsp3) is 0.588. The maximum atomic E-state index is 13.1. The van der Waals surface area contributed by atoms with E-state index in [-0.39, 0.29) is 5.78 Å². The average Bonchev–Trinajstić information content (AvgIpc) is 3.01. The van der Waals surface area contributed by atoms with E-state index in [1.165, 1.54) is 12.8 Å². The lowest BCUT2D eigenvalue weighted by atomic mass is 9.86. The van der Waals surface area contributed by atoms with Crippen molar-refractivity contribution in [2.45, 2.75) is 45.6 Å². The van der Waals surface area contributed by atoms with Crippen molar-refractivity contribution in [2.75, 3.05) is 19.7 Å². The smallest absolute Gasteiger partial charge is 0.186 e. The van der Waals surface area contributed by atoms with Crippen LogP contribution in [0.25, 0.3) is 0 Å². The Bertz CT molecular complexity index is 466. The first kappa shape index (κ1) is 15.0. The Morgan fingerprint density at radius 1 is 1.25 bits per heavy atom. The van der Waals surface area contributed by atoms with Gasteiger partial charge >= 0.3 is 0 Å². The van der Waals surface area contributed by atoms with Crippen molar-refractivity contribution >= 4 is 5.78 Å². The highest BCUT2D eigenvalue weighted by Crippen LogP contribution is 2.31. The number of para-hydroxylation sites is 1. The van der Waals surface area contributed by atoms with E-state index in [1.54, 1.807) is 0 Å². The van der Waals surface area contributed by atoms with Gasteiger partial charge in [0.1, 0.15) is 5.75 Å². The lowest BCUT2D eigenvalue weighted by Gasteiger charge is -2.37. The van der Waals surface area contributed by atoms with E-state index in [1.807, 2.05) is 31.2 Å². The molecule has 0 radical (unpaired) electrons. The molecule has 3 heteroatoms. The van der Waals surface area contributed by atoms with Crippen LogP contribution in [0, 0.1) is 0 Å². The molecule has 1 heterocycles. The minimum atomic E-state index is -0.413. The Kier molecular flexibility index (Phi) is 4.81. The van der Waals surface area contributed by atoms with Crippen LogP contribution in [-0.4, -0.2) is 35.9 Å². The minimum absolute atomic E-state index is 0.186. The molecule has 1 unspecified atom stereocenters. The largest absolute Gasteiger partial charge is 0.493 e. The van der Waals surface area contributed by atoms with E-state index >= 15 is 0 Å². The van der Waals surface area contributed by atoms with Gasteiger partial charge in [0.05, 0.1) is 17.7 Å². The Balaban J connectivity index is 2.33. The van der Waals surface area contributed by atoms with Crippen molar-refractivity contribution in [1.29, 1.82) is 0 Å². The number of benzene rings is 1. The van der Waals surface area contributed by atoms with Crippen molar-refractivity contribution in [3.05, 3.63) is 29.8 Å². The number of rotatable bonds is 6. The Morgan fingerprint density at radius 3 is 2.50 bits per heavy atom. The third-order valence-electron chi connectivity index (χ3n) is 4.41. The molecule has 1 saturated heterocycles. The maximum Gasteiger partial charge on any atom is 0.186 e. The summed E-state index contributed by atoms with van der Waals surface area (Å²) in [5.41, 5.74) is 0.301. The Morgan fingerprint density at radius 2 is 1.90 bits per heavy atom. The molecule has 20 heavy (non-hydrogen) atoms. The summed E-state index contributed by atoms with van der Waals surface area (Å²) in [6.07, 6.45) is 3.21. The number of hydrogen-bond donors (Lipinski definition) is 0. The maximum absolute atomic E-state index is 13.1. The van der Waals surface area contributed by atoms with Gasteiger partial charge in [-0.25, -0.2) is 0 Å². The van der Waals surface area contributed by atoms with E-state index in [0.717, 1.165) is 19.5 Å². The van der Waals surface area contributed by atoms with Gasteiger partial charge in [-0.15, -0.1) is 0 Å². The molecule has 1 fully saturated rings. The molecule has 0 saturated carbocycles. The van der Waals surface area contributed by atoms with Crippen molar-refractivity contribution in [3.63, 3.8) is 0 Å². The van der Waals surface area contributed by atoms with E-state index in [2.05, 4.69) is 18.7 Å². The number of carbonyl (C=O) groups excluding carboxylic acids is 1. The molecule has 0 aromatic heterocycles. The van der Waals surface area contributed by atoms with Gasteiger partial charge in [-0.1, -0.05) is 19.1 Å². The van der Waals surface area contributed by atoms with Crippen LogP contribution in [0.4, 0.5) is 0 Å². The molecule has 3 nitrogen and oxygen atoms in total. The van der Waals surface area contributed by atoms with Gasteiger partial charge in [-0.3, -0.25) is 9.69 Å². The Hall–Kier alpha value is -1.35. The lowest BCUT2D eigenvalue weighted by molar-refractivity contribution is 0.0644. The van der Waals surface area contributed by atoms with Crippen LogP contribution >= 0.6 is 0 Å². The van der Waals surface area contributed by atoms with Gasteiger partial charge in [0.15, 0.2) is 5.78 Å². The summed E-state index contributed by atoms with van der Waals surface area (Å²) in [5.74, 6) is 0.893. The molecule has 0 amide bonds. The molecule has 1 atom stereocenters. The van der Waals surface area contributed by atoms with Gasteiger partial charge in [-0.2, -0.15) is 0 Å². The van der Waals surface area contributed by atoms with Crippen LogP contribution in [0.1, 0.15) is 50.4 Å². The highest BCUT2D eigenvalue weighted by molar-refractivity contribution is 6.05. The fourth-order valence-corrected chi connectivity index (χ4v) is 2.96. The summed E-state index contributed by atoms with van der Waals surface area (Å²) >= 11 is 0. The molecule has 2 rings (SSSR count). The van der Waals surface area contributed by atoms with Gasteiger partial charge in [0.25, 0.3) is 0 Å². The first-order valence-electron chi connectivity index (χ1n) is 7.65. The molecule has 1 aromatic carbocycles. The predicted octanol–water partition coefficient (Wildman–Crippen LogP) is 3.53. The fourth-order valence-electron chi connectivity index (χ4n) is 2.96. The molecule has 1 aromatic rings. The van der Waals surface area contributed by atoms with Crippen molar-refractivity contribution in [2.24, 2.45) is 0 Å². The zero-order valence-corrected chi connectivity index (χ0v) is 12.8. The van der Waals surface area contributed by atoms with E-state index in [0.29, 0.717) is 17.9 Å². The van der Waals surface area contributed by atoms with Crippen LogP contribution in [0.5, 0.6) is 5.75 Å². The monoisotopic (exact) mass is 275 g/mol. The van der Waals surface area contributed by atoms with Gasteiger partial charge in [0.2, 0.25) is 0 Å². The zero-order chi connectivity index (χ0) is 14.6. The number of carbonyl (C=O) groups is 1. The third kappa shape index (κ3) is 2.73. The summed E-state index contributed by atoms with van der Waals surface area (Å²) in [6.45, 7) is 8.74. The normalized spacial score (nSPS) is 18.8. The number of Topliss-reactive ketones (excluding diaryl/α,β-unsaturated/α-hetero) is 1. The summed E-state index contributed by atoms with van der Waals surface area (Å²) in [7, 11) is 0. The summed E-state index contributed by atoms with van der Waals surface area (Å²) in [5, 5.41) is 0. The first-order chi connectivity index (χ1) is 9.63. The lowest BCUT2D eigenvalue weighted by Crippen LogP contribution is -2.50. The van der Waals surface area contributed by atoms with Crippen molar-refractivity contribution < 1.29 is 9.53 Å². The van der Waals surface area contributed by atoms with Crippen LogP contribution in [0.3, 0.4) is 0 Å². The molecule has 1 aliphatic rings. The summed E-state index contributed by atoms with van der Waals surface area (Å²) < 4.78 is 5.62. The molecule has 0 N–H and O–H groups in total. The van der Waals surface area contributed by atoms with Crippen molar-refractivity contribution in [3.8, 4) is 5.75 Å². The molecule has 0 aliphatic carbocycles. The number of likely N-dealkylation sites (tertiary alicyclic amines) is 1. The molecule has 1 aliphatic heterocycles. The average molecular weight is 275 g/mol. The number of ketones is 1. The van der Waals surface area contributed by atoms with E-state index in [9.17, 15) is 4.79 Å². The van der Waals surface area contributed by atoms with E-state index in [4.69, 9.17) is 4.74 Å². The van der Waals surface area contributed by atoms with Crippen LogP contribution in [0.2, 0.25) is 0 Å². The summed E-state index contributed by atoms with van der Waals surface area (Å²) in [6, 6.07) is 7.60. The van der Waals surface area contributed by atoms with Crippen LogP contribution < -0.4 is 4.74 Å². The quantitative estimate of drug-likeness (QED) is 0.744. The number of hydrogen-bond acceptors (Lipinski definition) is 3. The highest BCUT2D eigenvalue weighted by atomic mass is 16.5. The molecule has 110 valence electrons. The van der Waals surface area contributed by atoms with Gasteiger partial charge in [-0.05, 0) is 58.3 Å². The number of nitrogens with zero attached hydrogens (tertiary/aromatic N) is 1. The molecular formula is C17H25NO2. The molecular weight excluding hydrogens is 250 g/mol. The van der Waals surface area contributed by atoms with Gasteiger partial charge < -0.3 is 4.74 Å². The highest BCUT2D eigenvalue weighted by Gasteiger charge is 2.40. The number of ether oxygens (including phenoxy) is 1. The Labute approximate surface area is 121 Å².